The molecule has 0 atom stereocenters. The van der Waals surface area contributed by atoms with E-state index in [0.717, 1.165) is 53.9 Å². The summed E-state index contributed by atoms with van der Waals surface area (Å²) in [6, 6.07) is 27.3. The van der Waals surface area contributed by atoms with E-state index >= 15 is 0 Å². The minimum atomic E-state index is -0.938. The Morgan fingerprint density at radius 2 is 0.841 bits per heavy atom. The molecule has 0 radical (unpaired) electrons. The average Bonchev–Trinajstić information content (AvgIpc) is 3.06. The smallest absolute Gasteiger partial charge is 0.201 e. The molecule has 0 aliphatic rings. The van der Waals surface area contributed by atoms with Gasteiger partial charge in [0.1, 0.15) is 5.75 Å². The van der Waals surface area contributed by atoms with Gasteiger partial charge < -0.3 is 9.47 Å². The molecule has 4 aromatic rings. The van der Waals surface area contributed by atoms with Crippen molar-refractivity contribution in [2.24, 2.45) is 0 Å². The molecule has 4 heteroatoms. The van der Waals surface area contributed by atoms with Gasteiger partial charge >= 0.3 is 0 Å². The summed E-state index contributed by atoms with van der Waals surface area (Å²) in [5, 5.41) is 0. The lowest BCUT2D eigenvalue weighted by atomic mass is 9.98. The lowest BCUT2D eigenvalue weighted by molar-refractivity contribution is 0.289. The monoisotopic (exact) mass is 598 g/mol. The number of ether oxygens (including phenoxy) is 2. The molecule has 0 amide bonds. The van der Waals surface area contributed by atoms with Crippen molar-refractivity contribution in [1.82, 2.24) is 0 Å². The van der Waals surface area contributed by atoms with Gasteiger partial charge in [-0.3, -0.25) is 0 Å². The maximum absolute atomic E-state index is 14.8. The van der Waals surface area contributed by atoms with Crippen LogP contribution in [-0.4, -0.2) is 13.2 Å². The Morgan fingerprint density at radius 1 is 0.409 bits per heavy atom. The maximum Gasteiger partial charge on any atom is 0.201 e. The highest BCUT2D eigenvalue weighted by molar-refractivity contribution is 5.74. The highest BCUT2D eigenvalue weighted by atomic mass is 19.2. The molecule has 0 N–H and O–H groups in total. The van der Waals surface area contributed by atoms with E-state index < -0.39 is 11.6 Å². The van der Waals surface area contributed by atoms with E-state index in [1.165, 1.54) is 63.9 Å². The standard InChI is InChI=1S/C40H48F2O2/c1-3-5-7-8-9-10-11-12-13-14-30-43-36-25-23-34(24-26-36)32-17-15-31(16-18-32)33-19-21-35(22-20-33)37-27-28-38(40(42)39(37)41)44-29-6-4-2/h15-28H,3-14,29-30H2,1-2H3. The summed E-state index contributed by atoms with van der Waals surface area (Å²) in [6.45, 7) is 5.43. The fraction of sp³-hybridized carbons (Fsp3) is 0.400. The van der Waals surface area contributed by atoms with Crippen molar-refractivity contribution in [3.63, 3.8) is 0 Å². The first-order valence-electron chi connectivity index (χ1n) is 16.7. The van der Waals surface area contributed by atoms with Crippen LogP contribution in [0.3, 0.4) is 0 Å². The quantitative estimate of drug-likeness (QED) is 0.1000. The fourth-order valence-electron chi connectivity index (χ4n) is 5.41. The van der Waals surface area contributed by atoms with E-state index in [9.17, 15) is 8.78 Å². The van der Waals surface area contributed by atoms with E-state index in [4.69, 9.17) is 9.47 Å². The zero-order valence-corrected chi connectivity index (χ0v) is 26.6. The second-order valence-corrected chi connectivity index (χ2v) is 11.7. The molecule has 2 nitrogen and oxygen atoms in total. The number of halogens is 2. The molecule has 0 fully saturated rings. The van der Waals surface area contributed by atoms with Gasteiger partial charge in [-0.2, -0.15) is 4.39 Å². The van der Waals surface area contributed by atoms with Gasteiger partial charge in [0.2, 0.25) is 5.82 Å². The minimum absolute atomic E-state index is 0.0390. The predicted octanol–water partition coefficient (Wildman–Crippen LogP) is 12.4. The molecule has 4 aromatic carbocycles. The van der Waals surface area contributed by atoms with Gasteiger partial charge in [0.15, 0.2) is 11.6 Å². The molecule has 0 spiro atoms. The van der Waals surface area contributed by atoms with E-state index in [1.807, 2.05) is 43.3 Å². The number of hydrogen-bond donors (Lipinski definition) is 0. The average molecular weight is 599 g/mol. The summed E-state index contributed by atoms with van der Waals surface area (Å²) in [5.41, 5.74) is 5.18. The second-order valence-electron chi connectivity index (χ2n) is 11.7. The summed E-state index contributed by atoms with van der Waals surface area (Å²) in [7, 11) is 0. The third-order valence-electron chi connectivity index (χ3n) is 8.17. The normalized spacial score (nSPS) is 11.1. The van der Waals surface area contributed by atoms with E-state index in [-0.39, 0.29) is 11.3 Å². The molecule has 0 saturated carbocycles. The van der Waals surface area contributed by atoms with Crippen LogP contribution in [0.1, 0.15) is 90.9 Å². The first-order valence-corrected chi connectivity index (χ1v) is 16.7. The first kappa shape index (κ1) is 33.2. The lowest BCUT2D eigenvalue weighted by Crippen LogP contribution is -2.01. The van der Waals surface area contributed by atoms with Crippen LogP contribution in [0.2, 0.25) is 0 Å². The maximum atomic E-state index is 14.8. The van der Waals surface area contributed by atoms with Crippen molar-refractivity contribution < 1.29 is 18.3 Å². The van der Waals surface area contributed by atoms with Crippen LogP contribution >= 0.6 is 0 Å². The zero-order chi connectivity index (χ0) is 31.0. The van der Waals surface area contributed by atoms with Gasteiger partial charge in [-0.1, -0.05) is 139 Å². The third kappa shape index (κ3) is 9.94. The van der Waals surface area contributed by atoms with Gasteiger partial charge in [0, 0.05) is 5.56 Å². The largest absolute Gasteiger partial charge is 0.494 e. The summed E-state index contributed by atoms with van der Waals surface area (Å²) in [4.78, 5) is 0. The van der Waals surface area contributed by atoms with Crippen LogP contribution in [-0.2, 0) is 0 Å². The lowest BCUT2D eigenvalue weighted by Gasteiger charge is -2.11. The molecular formula is C40H48F2O2. The zero-order valence-electron chi connectivity index (χ0n) is 26.6. The van der Waals surface area contributed by atoms with E-state index in [1.54, 1.807) is 6.07 Å². The Labute approximate surface area is 263 Å². The molecule has 234 valence electrons. The van der Waals surface area contributed by atoms with E-state index in [0.29, 0.717) is 12.2 Å². The number of unbranched alkanes of at least 4 members (excludes halogenated alkanes) is 10. The van der Waals surface area contributed by atoms with Gasteiger partial charge in [0.05, 0.1) is 13.2 Å². The van der Waals surface area contributed by atoms with Crippen LogP contribution in [0.4, 0.5) is 8.78 Å². The van der Waals surface area contributed by atoms with Crippen molar-refractivity contribution in [3.8, 4) is 44.9 Å². The van der Waals surface area contributed by atoms with Crippen molar-refractivity contribution >= 4 is 0 Å². The Balaban J connectivity index is 1.24. The van der Waals surface area contributed by atoms with Crippen LogP contribution in [0.15, 0.2) is 84.9 Å². The third-order valence-corrected chi connectivity index (χ3v) is 8.17. The summed E-state index contributed by atoms with van der Waals surface area (Å²) in [5.74, 6) is -0.947. The minimum Gasteiger partial charge on any atom is -0.494 e. The van der Waals surface area contributed by atoms with Gasteiger partial charge in [-0.15, -0.1) is 0 Å². The summed E-state index contributed by atoms with van der Waals surface area (Å²) in [6.07, 6.45) is 14.9. The molecule has 0 aliphatic carbocycles. The Hall–Kier alpha value is -3.66. The Bertz CT molecular complexity index is 1380. The number of benzene rings is 4. The van der Waals surface area contributed by atoms with Crippen LogP contribution < -0.4 is 9.47 Å². The van der Waals surface area contributed by atoms with Gasteiger partial charge in [-0.05, 0) is 64.9 Å². The molecule has 4 rings (SSSR count). The molecule has 0 bridgehead atoms. The van der Waals surface area contributed by atoms with Crippen molar-refractivity contribution in [2.75, 3.05) is 13.2 Å². The Morgan fingerprint density at radius 3 is 1.36 bits per heavy atom. The molecule has 0 heterocycles. The van der Waals surface area contributed by atoms with Gasteiger partial charge in [-0.25, -0.2) is 4.39 Å². The molecule has 0 unspecified atom stereocenters. The molecule has 0 saturated heterocycles. The van der Waals surface area contributed by atoms with Crippen LogP contribution in [0, 0.1) is 11.6 Å². The SMILES string of the molecule is CCCCCCCCCCCCOc1ccc(-c2ccc(-c3ccc(-c4ccc(OCCCC)c(F)c4F)cc3)cc2)cc1. The first-order chi connectivity index (χ1) is 21.6. The molecule has 44 heavy (non-hydrogen) atoms. The molecular weight excluding hydrogens is 550 g/mol. The number of hydrogen-bond acceptors (Lipinski definition) is 2. The predicted molar refractivity (Wildman–Crippen MR) is 180 cm³/mol. The second kappa shape index (κ2) is 18.2. The topological polar surface area (TPSA) is 18.5 Å². The highest BCUT2D eigenvalue weighted by Gasteiger charge is 2.16. The number of rotatable bonds is 19. The van der Waals surface area contributed by atoms with Crippen molar-refractivity contribution in [2.45, 2.75) is 90.9 Å². The van der Waals surface area contributed by atoms with Crippen molar-refractivity contribution in [1.29, 1.82) is 0 Å². The van der Waals surface area contributed by atoms with Gasteiger partial charge in [0.25, 0.3) is 0 Å². The van der Waals surface area contributed by atoms with Crippen LogP contribution in [0.5, 0.6) is 11.5 Å². The van der Waals surface area contributed by atoms with Crippen molar-refractivity contribution in [3.05, 3.63) is 96.6 Å². The summed E-state index contributed by atoms with van der Waals surface area (Å²) >= 11 is 0. The van der Waals surface area contributed by atoms with E-state index in [2.05, 4.69) is 43.3 Å². The highest BCUT2D eigenvalue weighted by Crippen LogP contribution is 2.32. The summed E-state index contributed by atoms with van der Waals surface area (Å²) < 4.78 is 40.8. The Kier molecular flexibility index (Phi) is 13.8. The fourth-order valence-corrected chi connectivity index (χ4v) is 5.41. The van der Waals surface area contributed by atoms with Crippen LogP contribution in [0.25, 0.3) is 33.4 Å². The molecule has 0 aliphatic heterocycles. The molecule has 0 aromatic heterocycles.